The van der Waals surface area contributed by atoms with Crippen LogP contribution in [-0.2, 0) is 0 Å². The fourth-order valence-electron chi connectivity index (χ4n) is 1.89. The summed E-state index contributed by atoms with van der Waals surface area (Å²) in [6.07, 6.45) is 6.89. The average Bonchev–Trinajstić information content (AvgIpc) is 3.21. The Morgan fingerprint density at radius 2 is 2.35 bits per heavy atom. The van der Waals surface area contributed by atoms with Crippen molar-refractivity contribution in [2.75, 3.05) is 6.54 Å². The van der Waals surface area contributed by atoms with Crippen LogP contribution in [0.15, 0.2) is 75.0 Å². The van der Waals surface area contributed by atoms with Crippen LogP contribution in [0.4, 0.5) is 0 Å². The van der Waals surface area contributed by atoms with Crippen molar-refractivity contribution >= 4 is 17.6 Å². The van der Waals surface area contributed by atoms with E-state index in [1.807, 2.05) is 36.6 Å². The molecule has 0 saturated heterocycles. The van der Waals surface area contributed by atoms with E-state index in [0.717, 1.165) is 27.4 Å². The molecule has 3 heterocycles. The van der Waals surface area contributed by atoms with Gasteiger partial charge in [-0.05, 0) is 25.1 Å². The molecule has 0 atom stereocenters. The van der Waals surface area contributed by atoms with Crippen LogP contribution in [0, 0.1) is 0 Å². The molecular weight excluding hydrogens is 308 g/mol. The molecule has 0 aliphatic carbocycles. The molecule has 23 heavy (non-hydrogen) atoms. The van der Waals surface area contributed by atoms with Crippen molar-refractivity contribution in [3.05, 3.63) is 70.8 Å². The van der Waals surface area contributed by atoms with Gasteiger partial charge in [0.2, 0.25) is 4.80 Å². The summed E-state index contributed by atoms with van der Waals surface area (Å²) >= 11 is 1.52. The maximum absolute atomic E-state index is 5.49. The van der Waals surface area contributed by atoms with Crippen LogP contribution in [-0.4, -0.2) is 22.4 Å². The molecule has 0 radical (unpaired) electrons. The topological polar surface area (TPSA) is 55.7 Å². The summed E-state index contributed by atoms with van der Waals surface area (Å²) in [5.41, 5.74) is 2.78. The lowest BCUT2D eigenvalue weighted by Gasteiger charge is -2.00. The van der Waals surface area contributed by atoms with Gasteiger partial charge in [0.25, 0.3) is 0 Å². The number of furan rings is 1. The number of thiazole rings is 1. The molecule has 0 N–H and O–H groups in total. The van der Waals surface area contributed by atoms with Gasteiger partial charge in [0, 0.05) is 23.3 Å². The van der Waals surface area contributed by atoms with Gasteiger partial charge in [-0.1, -0.05) is 18.2 Å². The summed E-state index contributed by atoms with van der Waals surface area (Å²) in [7, 11) is 0. The second-order valence-corrected chi connectivity index (χ2v) is 5.83. The highest BCUT2D eigenvalue weighted by Crippen LogP contribution is 2.20. The zero-order valence-electron chi connectivity index (χ0n) is 12.7. The number of aromatic nitrogens is 2. The number of pyridine rings is 1. The molecule has 0 aliphatic heterocycles. The average molecular weight is 324 g/mol. The molecule has 0 aromatic carbocycles. The molecule has 0 fully saturated rings. The zero-order valence-corrected chi connectivity index (χ0v) is 13.5. The van der Waals surface area contributed by atoms with Crippen molar-refractivity contribution in [3.8, 4) is 11.5 Å². The van der Waals surface area contributed by atoms with Gasteiger partial charge in [-0.25, -0.2) is 4.68 Å². The van der Waals surface area contributed by atoms with Gasteiger partial charge in [0.15, 0.2) is 5.76 Å². The second kappa shape index (κ2) is 7.02. The Labute approximate surface area is 138 Å². The smallest absolute Gasteiger partial charge is 0.206 e. The molecule has 0 spiro atoms. The Hall–Kier alpha value is -2.73. The Balaban J connectivity index is 2.04. The Bertz CT molecular complexity index is 873. The maximum Gasteiger partial charge on any atom is 0.206 e. The highest BCUT2D eigenvalue weighted by molar-refractivity contribution is 7.07. The van der Waals surface area contributed by atoms with E-state index in [9.17, 15) is 0 Å². The highest BCUT2D eigenvalue weighted by atomic mass is 32.1. The molecule has 0 aliphatic rings. The number of rotatable bonds is 5. The highest BCUT2D eigenvalue weighted by Gasteiger charge is 2.09. The van der Waals surface area contributed by atoms with Crippen LogP contribution in [0.25, 0.3) is 11.5 Å². The largest absolute Gasteiger partial charge is 0.463 e. The predicted octanol–water partition coefficient (Wildman–Crippen LogP) is 3.56. The first kappa shape index (κ1) is 15.2. The summed E-state index contributed by atoms with van der Waals surface area (Å²) in [4.78, 5) is 9.44. The van der Waals surface area contributed by atoms with Gasteiger partial charge in [-0.15, -0.1) is 11.3 Å². The number of hydrogen-bond donors (Lipinski definition) is 0. The summed E-state index contributed by atoms with van der Waals surface area (Å²) in [6, 6.07) is 7.58. The summed E-state index contributed by atoms with van der Waals surface area (Å²) in [5, 5.41) is 6.53. The van der Waals surface area contributed by atoms with Gasteiger partial charge in [0.05, 0.1) is 19.0 Å². The van der Waals surface area contributed by atoms with Crippen molar-refractivity contribution in [2.24, 2.45) is 10.1 Å². The molecule has 116 valence electrons. The third-order valence-corrected chi connectivity index (χ3v) is 3.80. The van der Waals surface area contributed by atoms with Crippen molar-refractivity contribution in [2.45, 2.75) is 6.92 Å². The van der Waals surface area contributed by atoms with E-state index in [2.05, 4.69) is 21.7 Å². The van der Waals surface area contributed by atoms with Gasteiger partial charge < -0.3 is 4.42 Å². The Morgan fingerprint density at radius 3 is 3.04 bits per heavy atom. The van der Waals surface area contributed by atoms with E-state index in [1.54, 1.807) is 29.5 Å². The van der Waals surface area contributed by atoms with Gasteiger partial charge >= 0.3 is 0 Å². The first-order valence-corrected chi connectivity index (χ1v) is 7.95. The van der Waals surface area contributed by atoms with Crippen LogP contribution in [0.3, 0.4) is 0 Å². The standard InChI is InChI=1S/C17H16N4OS/c1-13(2)9-19-17-21(20-11-14-5-3-7-18-10-14)15(12-23-17)16-6-4-8-22-16/h3-8,10-12H,1,9H2,2H3. The van der Waals surface area contributed by atoms with Gasteiger partial charge in [-0.3, -0.25) is 9.98 Å². The molecule has 0 bridgehead atoms. The van der Waals surface area contributed by atoms with Crippen molar-refractivity contribution in [1.82, 2.24) is 9.66 Å². The Morgan fingerprint density at radius 1 is 1.43 bits per heavy atom. The third-order valence-electron chi connectivity index (χ3n) is 2.95. The van der Waals surface area contributed by atoms with E-state index in [0.29, 0.717) is 6.54 Å². The maximum atomic E-state index is 5.49. The van der Waals surface area contributed by atoms with E-state index in [1.165, 1.54) is 11.3 Å². The molecule has 3 aromatic heterocycles. The number of hydrogen-bond acceptors (Lipinski definition) is 5. The zero-order chi connectivity index (χ0) is 16.1. The first-order valence-electron chi connectivity index (χ1n) is 7.08. The van der Waals surface area contributed by atoms with Gasteiger partial charge in [-0.2, -0.15) is 5.10 Å². The number of nitrogens with zero attached hydrogens (tertiary/aromatic N) is 4. The first-order chi connectivity index (χ1) is 11.2. The second-order valence-electron chi connectivity index (χ2n) is 5.00. The van der Waals surface area contributed by atoms with Crippen molar-refractivity contribution < 1.29 is 4.42 Å². The molecule has 3 aromatic rings. The third kappa shape index (κ3) is 3.73. The monoisotopic (exact) mass is 324 g/mol. The fourth-order valence-corrected chi connectivity index (χ4v) is 2.71. The van der Waals surface area contributed by atoms with E-state index >= 15 is 0 Å². The minimum absolute atomic E-state index is 0.570. The molecule has 5 nitrogen and oxygen atoms in total. The van der Waals surface area contributed by atoms with Crippen LogP contribution < -0.4 is 4.80 Å². The van der Waals surface area contributed by atoms with E-state index < -0.39 is 0 Å². The summed E-state index contributed by atoms with van der Waals surface area (Å²) < 4.78 is 7.27. The molecule has 6 heteroatoms. The molecular formula is C17H16N4OS. The predicted molar refractivity (Wildman–Crippen MR) is 92.5 cm³/mol. The van der Waals surface area contributed by atoms with Gasteiger partial charge in [0.1, 0.15) is 5.69 Å². The van der Waals surface area contributed by atoms with E-state index in [4.69, 9.17) is 4.42 Å². The summed E-state index contributed by atoms with van der Waals surface area (Å²) in [5.74, 6) is 0.751. The fraction of sp³-hybridized carbons (Fsp3) is 0.118. The van der Waals surface area contributed by atoms with E-state index in [-0.39, 0.29) is 0 Å². The van der Waals surface area contributed by atoms with Crippen LogP contribution in [0.1, 0.15) is 12.5 Å². The lowest BCUT2D eigenvalue weighted by Crippen LogP contribution is -2.12. The normalized spacial score (nSPS) is 12.1. The molecule has 0 amide bonds. The van der Waals surface area contributed by atoms with Crippen LogP contribution >= 0.6 is 11.3 Å². The minimum Gasteiger partial charge on any atom is -0.463 e. The minimum atomic E-state index is 0.570. The van der Waals surface area contributed by atoms with Crippen molar-refractivity contribution in [3.63, 3.8) is 0 Å². The van der Waals surface area contributed by atoms with Crippen LogP contribution in [0.2, 0.25) is 0 Å². The summed E-state index contributed by atoms with van der Waals surface area (Å²) in [6.45, 7) is 6.41. The molecule has 0 saturated carbocycles. The van der Waals surface area contributed by atoms with Crippen molar-refractivity contribution in [1.29, 1.82) is 0 Å². The lowest BCUT2D eigenvalue weighted by molar-refractivity contribution is 0.575. The molecule has 0 unspecified atom stereocenters. The quantitative estimate of drug-likeness (QED) is 0.532. The SMILES string of the molecule is C=C(C)CN=c1scc(-c2ccco2)n1N=Cc1cccnc1. The van der Waals surface area contributed by atoms with Crippen LogP contribution in [0.5, 0.6) is 0 Å². The lowest BCUT2D eigenvalue weighted by atomic mass is 10.3. The Kier molecular flexibility index (Phi) is 4.63. The molecule has 3 rings (SSSR count).